The van der Waals surface area contributed by atoms with Crippen LogP contribution in [-0.4, -0.2) is 16.4 Å². The standard InChI is InChI=1S/C29H31N3/c1-20(30-28-18-7-12-22-10-3-5-14-24(22)28)26-16-9-17-27(32-26)21(2)31-29-19-8-13-23-11-4-6-15-25(23)29/h7-9,12-13,16-19H,3-6,10-11,14-15H2,1-2H3. The Morgan fingerprint density at radius 3 is 1.53 bits per heavy atom. The second-order valence-corrected chi connectivity index (χ2v) is 9.05. The van der Waals surface area contributed by atoms with E-state index in [4.69, 9.17) is 15.0 Å². The van der Waals surface area contributed by atoms with Crippen molar-refractivity contribution < 1.29 is 0 Å². The van der Waals surface area contributed by atoms with Crippen LogP contribution in [0.1, 0.15) is 73.2 Å². The van der Waals surface area contributed by atoms with Gasteiger partial charge in [-0.3, -0.25) is 9.98 Å². The van der Waals surface area contributed by atoms with Gasteiger partial charge in [0.1, 0.15) is 0 Å². The van der Waals surface area contributed by atoms with E-state index in [1.54, 1.807) is 0 Å². The van der Waals surface area contributed by atoms with Crippen LogP contribution in [0.4, 0.5) is 11.4 Å². The summed E-state index contributed by atoms with van der Waals surface area (Å²) >= 11 is 0. The molecule has 2 aliphatic carbocycles. The molecular weight excluding hydrogens is 390 g/mol. The maximum absolute atomic E-state index is 5.00. The number of hydrogen-bond acceptors (Lipinski definition) is 3. The van der Waals surface area contributed by atoms with Gasteiger partial charge in [-0.05, 0) is 112 Å². The highest BCUT2D eigenvalue weighted by molar-refractivity contribution is 6.02. The van der Waals surface area contributed by atoms with Gasteiger partial charge in [-0.15, -0.1) is 0 Å². The van der Waals surface area contributed by atoms with Gasteiger partial charge >= 0.3 is 0 Å². The van der Waals surface area contributed by atoms with Crippen molar-refractivity contribution in [2.24, 2.45) is 9.98 Å². The summed E-state index contributed by atoms with van der Waals surface area (Å²) in [4.78, 5) is 14.9. The Kier molecular flexibility index (Phi) is 5.98. The van der Waals surface area contributed by atoms with Gasteiger partial charge < -0.3 is 0 Å². The second kappa shape index (κ2) is 9.20. The lowest BCUT2D eigenvalue weighted by Crippen LogP contribution is -2.07. The van der Waals surface area contributed by atoms with Gasteiger partial charge in [0, 0.05) is 0 Å². The molecule has 0 saturated heterocycles. The molecule has 0 saturated carbocycles. The first kappa shape index (κ1) is 20.8. The van der Waals surface area contributed by atoms with Gasteiger partial charge in [-0.1, -0.05) is 30.3 Å². The average molecular weight is 422 g/mol. The molecule has 0 N–H and O–H groups in total. The van der Waals surface area contributed by atoms with E-state index in [1.807, 2.05) is 0 Å². The van der Waals surface area contributed by atoms with Gasteiger partial charge in [-0.2, -0.15) is 0 Å². The maximum atomic E-state index is 5.00. The molecule has 2 aliphatic rings. The summed E-state index contributed by atoms with van der Waals surface area (Å²) < 4.78 is 0. The molecule has 1 aromatic heterocycles. The van der Waals surface area contributed by atoms with Crippen molar-refractivity contribution >= 4 is 22.8 Å². The normalized spacial score (nSPS) is 16.4. The topological polar surface area (TPSA) is 37.6 Å². The zero-order chi connectivity index (χ0) is 21.9. The minimum Gasteiger partial charge on any atom is -0.251 e. The lowest BCUT2D eigenvalue weighted by atomic mass is 9.90. The average Bonchev–Trinajstić information content (AvgIpc) is 2.84. The monoisotopic (exact) mass is 421 g/mol. The fourth-order valence-electron chi connectivity index (χ4n) is 5.05. The van der Waals surface area contributed by atoms with E-state index in [0.29, 0.717) is 0 Å². The van der Waals surface area contributed by atoms with Crippen molar-refractivity contribution in [2.45, 2.75) is 65.2 Å². The zero-order valence-electron chi connectivity index (χ0n) is 19.2. The molecule has 0 aliphatic heterocycles. The third-order valence-corrected chi connectivity index (χ3v) is 6.81. The van der Waals surface area contributed by atoms with E-state index in [1.165, 1.54) is 60.8 Å². The number of nitrogens with zero attached hydrogens (tertiary/aromatic N) is 3. The number of fused-ring (bicyclic) bond motifs is 2. The van der Waals surface area contributed by atoms with Crippen LogP contribution in [0.15, 0.2) is 64.6 Å². The summed E-state index contributed by atoms with van der Waals surface area (Å²) in [5, 5.41) is 0. The molecule has 3 nitrogen and oxygen atoms in total. The number of aryl methyl sites for hydroxylation is 2. The molecule has 3 aromatic rings. The predicted octanol–water partition coefficient (Wildman–Crippen LogP) is 7.12. The Morgan fingerprint density at radius 1 is 0.594 bits per heavy atom. The van der Waals surface area contributed by atoms with Crippen LogP contribution in [-0.2, 0) is 25.7 Å². The van der Waals surface area contributed by atoms with Crippen LogP contribution in [0, 0.1) is 0 Å². The maximum Gasteiger partial charge on any atom is 0.0849 e. The quantitative estimate of drug-likeness (QED) is 0.413. The number of aromatic nitrogens is 1. The molecule has 0 spiro atoms. The van der Waals surface area contributed by atoms with Crippen LogP contribution in [0.5, 0.6) is 0 Å². The third kappa shape index (κ3) is 4.29. The first-order valence-electron chi connectivity index (χ1n) is 12.0. The smallest absolute Gasteiger partial charge is 0.0849 e. The van der Waals surface area contributed by atoms with E-state index in [9.17, 15) is 0 Å². The van der Waals surface area contributed by atoms with Gasteiger partial charge in [0.15, 0.2) is 0 Å². The number of benzene rings is 2. The fourth-order valence-corrected chi connectivity index (χ4v) is 5.05. The summed E-state index contributed by atoms with van der Waals surface area (Å²) in [7, 11) is 0. The summed E-state index contributed by atoms with van der Waals surface area (Å²) in [6.45, 7) is 4.13. The molecule has 0 bridgehead atoms. The molecule has 32 heavy (non-hydrogen) atoms. The van der Waals surface area contributed by atoms with Gasteiger partial charge in [0.2, 0.25) is 0 Å². The minimum atomic E-state index is 0.917. The number of aliphatic imine (C=N–C) groups is 2. The van der Waals surface area contributed by atoms with E-state index in [2.05, 4.69) is 68.4 Å². The fraction of sp³-hybridized carbons (Fsp3) is 0.345. The van der Waals surface area contributed by atoms with Crippen molar-refractivity contribution in [1.29, 1.82) is 0 Å². The van der Waals surface area contributed by atoms with Gasteiger partial charge in [0.25, 0.3) is 0 Å². The predicted molar refractivity (Wildman–Crippen MR) is 134 cm³/mol. The van der Waals surface area contributed by atoms with Gasteiger partial charge in [0.05, 0.1) is 34.2 Å². The molecule has 0 radical (unpaired) electrons. The van der Waals surface area contributed by atoms with E-state index < -0.39 is 0 Å². The highest BCUT2D eigenvalue weighted by Gasteiger charge is 2.15. The Morgan fingerprint density at radius 2 is 1.03 bits per heavy atom. The SMILES string of the molecule is CC(=Nc1cccc2c1CCCC2)c1cccc(C(C)=Nc2cccc3c2CCCC3)n1. The van der Waals surface area contributed by atoms with Crippen molar-refractivity contribution in [3.05, 3.63) is 88.2 Å². The molecule has 2 aromatic carbocycles. The molecule has 0 fully saturated rings. The Balaban J connectivity index is 1.45. The van der Waals surface area contributed by atoms with Crippen molar-refractivity contribution in [1.82, 2.24) is 4.98 Å². The molecule has 0 amide bonds. The van der Waals surface area contributed by atoms with Crippen LogP contribution in [0.2, 0.25) is 0 Å². The van der Waals surface area contributed by atoms with Crippen LogP contribution in [0.25, 0.3) is 0 Å². The third-order valence-electron chi connectivity index (χ3n) is 6.81. The van der Waals surface area contributed by atoms with E-state index in [0.717, 1.165) is 47.0 Å². The molecular formula is C29H31N3. The minimum absolute atomic E-state index is 0.917. The van der Waals surface area contributed by atoms with E-state index >= 15 is 0 Å². The number of pyridine rings is 1. The van der Waals surface area contributed by atoms with Crippen molar-refractivity contribution in [3.8, 4) is 0 Å². The Labute approximate surface area is 191 Å². The molecule has 162 valence electrons. The molecule has 5 rings (SSSR count). The van der Waals surface area contributed by atoms with Crippen LogP contribution < -0.4 is 0 Å². The molecule has 3 heteroatoms. The molecule has 0 unspecified atom stereocenters. The number of rotatable bonds is 4. The first-order valence-corrected chi connectivity index (χ1v) is 12.0. The van der Waals surface area contributed by atoms with Crippen LogP contribution >= 0.6 is 0 Å². The summed E-state index contributed by atoms with van der Waals surface area (Å²) in [6.07, 6.45) is 9.68. The van der Waals surface area contributed by atoms with Gasteiger partial charge in [-0.25, -0.2) is 4.98 Å². The van der Waals surface area contributed by atoms with E-state index in [-0.39, 0.29) is 0 Å². The lowest BCUT2D eigenvalue weighted by molar-refractivity contribution is 0.686. The summed E-state index contributed by atoms with van der Waals surface area (Å²) in [6, 6.07) is 19.2. The lowest BCUT2D eigenvalue weighted by Gasteiger charge is -2.18. The second-order valence-electron chi connectivity index (χ2n) is 9.05. The van der Waals surface area contributed by atoms with Crippen molar-refractivity contribution in [2.75, 3.05) is 0 Å². The number of hydrogen-bond donors (Lipinski definition) is 0. The highest BCUT2D eigenvalue weighted by Crippen LogP contribution is 2.31. The largest absolute Gasteiger partial charge is 0.251 e. The molecule has 1 heterocycles. The van der Waals surface area contributed by atoms with Crippen molar-refractivity contribution in [3.63, 3.8) is 0 Å². The first-order chi connectivity index (χ1) is 15.7. The zero-order valence-corrected chi connectivity index (χ0v) is 19.2. The highest BCUT2D eigenvalue weighted by atomic mass is 14.8. The Hall–Kier alpha value is -3.07. The summed E-state index contributed by atoms with van der Waals surface area (Å²) in [5.74, 6) is 0. The van der Waals surface area contributed by atoms with Crippen LogP contribution in [0.3, 0.4) is 0 Å². The molecule has 0 atom stereocenters. The Bertz CT molecular complexity index is 1110. The summed E-state index contributed by atoms with van der Waals surface area (Å²) in [5.41, 5.74) is 11.7.